The third kappa shape index (κ3) is 3.34. The Bertz CT molecular complexity index is 1200. The van der Waals surface area contributed by atoms with E-state index < -0.39 is 19.7 Å². The molecule has 0 N–H and O–H groups in total. The lowest BCUT2D eigenvalue weighted by atomic mass is 10.1. The van der Waals surface area contributed by atoms with E-state index in [1.807, 2.05) is 0 Å². The summed E-state index contributed by atoms with van der Waals surface area (Å²) >= 11 is 0. The zero-order valence-corrected chi connectivity index (χ0v) is 16.3. The molecule has 0 unspecified atom stereocenters. The van der Waals surface area contributed by atoms with Gasteiger partial charge in [-0.15, -0.1) is 0 Å². The third-order valence-corrected chi connectivity index (χ3v) is 8.06. The summed E-state index contributed by atoms with van der Waals surface area (Å²) in [6, 6.07) is 18.7. The summed E-state index contributed by atoms with van der Waals surface area (Å²) in [5.74, 6) is 0. The Morgan fingerprint density at radius 3 is 1.52 bits per heavy atom. The largest absolute Gasteiger partial charge is 0.219 e. The summed E-state index contributed by atoms with van der Waals surface area (Å²) in [4.78, 5) is 0.400. The van der Waals surface area contributed by atoms with Gasteiger partial charge in [0.15, 0.2) is 0 Å². The van der Waals surface area contributed by atoms with Gasteiger partial charge < -0.3 is 0 Å². The van der Waals surface area contributed by atoms with E-state index >= 15 is 0 Å². The summed E-state index contributed by atoms with van der Waals surface area (Å²) in [5, 5.41) is 0. The Morgan fingerprint density at radius 1 is 0.667 bits per heavy atom. The minimum atomic E-state index is -3.80. The lowest BCUT2D eigenvalue weighted by Gasteiger charge is -2.15. The van der Waals surface area contributed by atoms with Crippen molar-refractivity contribution in [2.75, 3.05) is 0 Å². The molecular formula is C21H18O4S2. The Morgan fingerprint density at radius 2 is 1.07 bits per heavy atom. The quantitative estimate of drug-likeness (QED) is 0.642. The van der Waals surface area contributed by atoms with Crippen molar-refractivity contribution in [2.45, 2.75) is 26.5 Å². The number of hydrogen-bond donors (Lipinski definition) is 0. The van der Waals surface area contributed by atoms with Gasteiger partial charge in [-0.05, 0) is 54.4 Å². The first-order valence-corrected chi connectivity index (χ1v) is 11.1. The van der Waals surface area contributed by atoms with Gasteiger partial charge in [0.2, 0.25) is 19.7 Å². The van der Waals surface area contributed by atoms with Crippen LogP contribution < -0.4 is 0 Å². The van der Waals surface area contributed by atoms with Crippen molar-refractivity contribution >= 4 is 25.8 Å². The first kappa shape index (κ1) is 19.1. The Balaban J connectivity index is 2.23. The highest BCUT2D eigenvalue weighted by molar-refractivity contribution is 7.92. The van der Waals surface area contributed by atoms with Crippen LogP contribution in [-0.2, 0) is 19.7 Å². The maximum atomic E-state index is 13.0. The maximum Gasteiger partial charge on any atom is 0.207 e. The molecule has 27 heavy (non-hydrogen) atoms. The lowest BCUT2D eigenvalue weighted by Crippen LogP contribution is -2.10. The highest BCUT2D eigenvalue weighted by Crippen LogP contribution is 2.32. The summed E-state index contributed by atoms with van der Waals surface area (Å²) in [6.45, 7) is 5.29. The van der Waals surface area contributed by atoms with E-state index in [0.717, 1.165) is 0 Å². The fourth-order valence-corrected chi connectivity index (χ4v) is 5.99. The zero-order valence-electron chi connectivity index (χ0n) is 14.7. The Kier molecular flexibility index (Phi) is 5.04. The van der Waals surface area contributed by atoms with Crippen molar-refractivity contribution in [3.05, 3.63) is 90.5 Å². The molecule has 4 nitrogen and oxygen atoms in total. The molecule has 0 fully saturated rings. The van der Waals surface area contributed by atoms with E-state index in [2.05, 4.69) is 6.58 Å². The molecule has 0 amide bonds. The highest BCUT2D eigenvalue weighted by atomic mass is 32.2. The molecule has 6 heteroatoms. The van der Waals surface area contributed by atoms with Gasteiger partial charge in [-0.25, -0.2) is 16.8 Å². The number of hydrogen-bond acceptors (Lipinski definition) is 4. The van der Waals surface area contributed by atoms with Crippen molar-refractivity contribution in [1.82, 2.24) is 0 Å². The van der Waals surface area contributed by atoms with Gasteiger partial charge in [-0.1, -0.05) is 49.1 Å². The van der Waals surface area contributed by atoms with Crippen molar-refractivity contribution in [3.63, 3.8) is 0 Å². The minimum absolute atomic E-state index is 0.0354. The van der Waals surface area contributed by atoms with Crippen molar-refractivity contribution in [3.8, 4) is 0 Å². The molecule has 0 aliphatic heterocycles. The van der Waals surface area contributed by atoms with Crippen LogP contribution in [0.2, 0.25) is 0 Å². The van der Waals surface area contributed by atoms with E-state index in [-0.39, 0.29) is 25.1 Å². The monoisotopic (exact) mass is 398 g/mol. The van der Waals surface area contributed by atoms with Crippen molar-refractivity contribution in [1.29, 1.82) is 0 Å². The standard InChI is InChI=1S/C21H18O4S2/c1-3-19-16(2)20(26(22,23)17-10-6-4-7-11-17)14-15-21(19)27(24,25)18-12-8-5-9-13-18/h3-15H,1H2,2H3. The second-order valence-electron chi connectivity index (χ2n) is 5.94. The van der Waals surface area contributed by atoms with Gasteiger partial charge in [-0.2, -0.15) is 0 Å². The summed E-state index contributed by atoms with van der Waals surface area (Å²) in [5.41, 5.74) is 0.640. The van der Waals surface area contributed by atoms with Crippen LogP contribution in [0.5, 0.6) is 0 Å². The first-order chi connectivity index (χ1) is 12.8. The molecule has 0 spiro atoms. The average Bonchev–Trinajstić information content (AvgIpc) is 2.68. The SMILES string of the molecule is C=Cc1c(S(=O)(=O)c2ccccc2)ccc(S(=O)(=O)c2ccccc2)c1C. The fourth-order valence-electron chi connectivity index (χ4n) is 2.92. The molecule has 0 radical (unpaired) electrons. The smallest absolute Gasteiger partial charge is 0.207 e. The minimum Gasteiger partial charge on any atom is -0.219 e. The molecule has 3 aromatic carbocycles. The molecule has 0 saturated heterocycles. The highest BCUT2D eigenvalue weighted by Gasteiger charge is 2.26. The normalized spacial score (nSPS) is 11.9. The van der Waals surface area contributed by atoms with E-state index in [1.165, 1.54) is 42.5 Å². The molecule has 0 heterocycles. The fraction of sp³-hybridized carbons (Fsp3) is 0.0476. The predicted octanol–water partition coefficient (Wildman–Crippen LogP) is 4.30. The summed E-state index contributed by atoms with van der Waals surface area (Å²) in [7, 11) is -7.57. The second-order valence-corrected chi connectivity index (χ2v) is 9.77. The lowest BCUT2D eigenvalue weighted by molar-refractivity contribution is 0.591. The van der Waals surface area contributed by atoms with Gasteiger partial charge in [-0.3, -0.25) is 0 Å². The van der Waals surface area contributed by atoms with Crippen molar-refractivity contribution < 1.29 is 16.8 Å². The van der Waals surface area contributed by atoms with Crippen molar-refractivity contribution in [2.24, 2.45) is 0 Å². The Hall–Kier alpha value is -2.70. The van der Waals surface area contributed by atoms with Crippen LogP contribution >= 0.6 is 0 Å². The van der Waals surface area contributed by atoms with Gasteiger partial charge in [0.05, 0.1) is 19.6 Å². The van der Waals surface area contributed by atoms with Gasteiger partial charge >= 0.3 is 0 Å². The van der Waals surface area contributed by atoms with Crippen LogP contribution in [0.25, 0.3) is 6.08 Å². The molecule has 0 atom stereocenters. The average molecular weight is 399 g/mol. The molecular weight excluding hydrogens is 380 g/mol. The molecule has 0 saturated carbocycles. The van der Waals surface area contributed by atoms with E-state index in [9.17, 15) is 16.8 Å². The van der Waals surface area contributed by atoms with Gasteiger partial charge in [0.1, 0.15) is 0 Å². The van der Waals surface area contributed by atoms with Gasteiger partial charge in [0.25, 0.3) is 0 Å². The molecule has 0 aromatic heterocycles. The number of sulfone groups is 2. The summed E-state index contributed by atoms with van der Waals surface area (Å²) < 4.78 is 51.9. The van der Waals surface area contributed by atoms with E-state index in [0.29, 0.717) is 5.56 Å². The van der Waals surface area contributed by atoms with E-state index in [4.69, 9.17) is 0 Å². The van der Waals surface area contributed by atoms with E-state index in [1.54, 1.807) is 43.3 Å². The molecule has 0 aliphatic rings. The van der Waals surface area contributed by atoms with Crippen LogP contribution in [0.15, 0.2) is 99.0 Å². The van der Waals surface area contributed by atoms with Crippen LogP contribution in [-0.4, -0.2) is 16.8 Å². The number of rotatable bonds is 5. The van der Waals surface area contributed by atoms with Gasteiger partial charge in [0, 0.05) is 0 Å². The van der Waals surface area contributed by atoms with Crippen LogP contribution in [0.3, 0.4) is 0 Å². The maximum absolute atomic E-state index is 13.0. The van der Waals surface area contributed by atoms with Crippen LogP contribution in [0, 0.1) is 6.92 Å². The molecule has 0 bridgehead atoms. The third-order valence-electron chi connectivity index (χ3n) is 4.32. The second kappa shape index (κ2) is 7.13. The summed E-state index contributed by atoms with van der Waals surface area (Å²) in [6.07, 6.45) is 1.38. The first-order valence-electron chi connectivity index (χ1n) is 8.16. The Labute approximate surface area is 159 Å². The van der Waals surface area contributed by atoms with Crippen LogP contribution in [0.4, 0.5) is 0 Å². The molecule has 3 aromatic rings. The molecule has 3 rings (SSSR count). The molecule has 0 aliphatic carbocycles. The zero-order chi connectivity index (χ0) is 19.7. The van der Waals surface area contributed by atoms with Crippen LogP contribution in [0.1, 0.15) is 11.1 Å². The molecule has 138 valence electrons. The topological polar surface area (TPSA) is 68.3 Å². The predicted molar refractivity (Wildman–Crippen MR) is 105 cm³/mol. The number of benzene rings is 3.